The maximum Gasteiger partial charge on any atom is 0.247 e. The molecule has 2 unspecified atom stereocenters. The number of nitrogens with one attached hydrogen (secondary N) is 1. The second-order valence-corrected chi connectivity index (χ2v) is 6.38. The van der Waals surface area contributed by atoms with Crippen LogP contribution in [0.5, 0.6) is 0 Å². The van der Waals surface area contributed by atoms with Gasteiger partial charge in [-0.3, -0.25) is 4.79 Å². The molecular formula is C20H22FN5O. The minimum atomic E-state index is -0.636. The number of hydrogen-bond acceptors (Lipinski definition) is 4. The molecule has 0 radical (unpaired) electrons. The Morgan fingerprint density at radius 3 is 2.67 bits per heavy atom. The summed E-state index contributed by atoms with van der Waals surface area (Å²) in [5.74, 6) is -0.289. The van der Waals surface area contributed by atoms with Gasteiger partial charge in [-0.15, -0.1) is 10.2 Å². The molecule has 2 atom stereocenters. The van der Waals surface area contributed by atoms with E-state index in [0.717, 1.165) is 18.4 Å². The largest absolute Gasteiger partial charge is 0.347 e. The van der Waals surface area contributed by atoms with E-state index in [1.807, 2.05) is 30.3 Å². The van der Waals surface area contributed by atoms with Crippen LogP contribution in [0.3, 0.4) is 0 Å². The smallest absolute Gasteiger partial charge is 0.247 e. The Hall–Kier alpha value is -3.09. The van der Waals surface area contributed by atoms with E-state index >= 15 is 0 Å². The molecule has 0 fully saturated rings. The summed E-state index contributed by atoms with van der Waals surface area (Å²) in [6, 6.07) is 15.1. The van der Waals surface area contributed by atoms with Crippen molar-refractivity contribution in [1.82, 2.24) is 25.5 Å². The summed E-state index contributed by atoms with van der Waals surface area (Å²) in [6.07, 6.45) is 1.78. The van der Waals surface area contributed by atoms with E-state index in [9.17, 15) is 9.18 Å². The van der Waals surface area contributed by atoms with Gasteiger partial charge in [0.15, 0.2) is 0 Å². The van der Waals surface area contributed by atoms with Gasteiger partial charge in [0.1, 0.15) is 11.9 Å². The lowest BCUT2D eigenvalue weighted by Gasteiger charge is -2.20. The van der Waals surface area contributed by atoms with Crippen LogP contribution in [0.4, 0.5) is 4.39 Å². The van der Waals surface area contributed by atoms with Crippen LogP contribution in [-0.4, -0.2) is 26.1 Å². The Balaban J connectivity index is 1.73. The lowest BCUT2D eigenvalue weighted by Crippen LogP contribution is -2.35. The highest BCUT2D eigenvalue weighted by atomic mass is 19.1. The van der Waals surface area contributed by atoms with E-state index in [1.165, 1.54) is 16.9 Å². The van der Waals surface area contributed by atoms with Crippen LogP contribution in [0, 0.1) is 5.82 Å². The molecule has 0 aliphatic carbocycles. The number of tetrazole rings is 1. The first-order valence-corrected chi connectivity index (χ1v) is 8.99. The van der Waals surface area contributed by atoms with Gasteiger partial charge in [-0.2, -0.15) is 4.80 Å². The lowest BCUT2D eigenvalue weighted by atomic mass is 10.0. The quantitative estimate of drug-likeness (QED) is 0.691. The fourth-order valence-corrected chi connectivity index (χ4v) is 2.83. The predicted octanol–water partition coefficient (Wildman–Crippen LogP) is 3.70. The van der Waals surface area contributed by atoms with Crippen molar-refractivity contribution >= 4 is 5.91 Å². The van der Waals surface area contributed by atoms with Crippen LogP contribution in [0.15, 0.2) is 54.6 Å². The highest BCUT2D eigenvalue weighted by Crippen LogP contribution is 2.20. The summed E-state index contributed by atoms with van der Waals surface area (Å²) in [5.41, 5.74) is 1.58. The van der Waals surface area contributed by atoms with Gasteiger partial charge >= 0.3 is 0 Å². The summed E-state index contributed by atoms with van der Waals surface area (Å²) >= 11 is 0. The first-order chi connectivity index (χ1) is 13.1. The van der Waals surface area contributed by atoms with E-state index < -0.39 is 6.04 Å². The third-order valence-electron chi connectivity index (χ3n) is 4.33. The van der Waals surface area contributed by atoms with Crippen LogP contribution in [0.2, 0.25) is 0 Å². The summed E-state index contributed by atoms with van der Waals surface area (Å²) in [4.78, 5) is 14.0. The van der Waals surface area contributed by atoms with Crippen LogP contribution in [-0.2, 0) is 4.79 Å². The molecule has 0 aliphatic rings. The molecule has 1 N–H and O–H groups in total. The average molecular weight is 367 g/mol. The zero-order valence-corrected chi connectivity index (χ0v) is 15.3. The second kappa shape index (κ2) is 8.53. The number of benzene rings is 2. The van der Waals surface area contributed by atoms with Gasteiger partial charge in [0.2, 0.25) is 11.7 Å². The molecule has 1 aromatic heterocycles. The SMILES string of the molecule is CCCC(NC(=O)C(C)n1nnc(-c2cccc(F)c2)n1)c1ccccc1. The van der Waals surface area contributed by atoms with E-state index in [4.69, 9.17) is 0 Å². The van der Waals surface area contributed by atoms with Gasteiger partial charge in [-0.25, -0.2) is 4.39 Å². The third-order valence-corrected chi connectivity index (χ3v) is 4.33. The Kier molecular flexibility index (Phi) is 5.90. The number of rotatable bonds is 7. The van der Waals surface area contributed by atoms with E-state index in [1.54, 1.807) is 19.1 Å². The predicted molar refractivity (Wildman–Crippen MR) is 100 cm³/mol. The highest BCUT2D eigenvalue weighted by Gasteiger charge is 2.22. The first-order valence-electron chi connectivity index (χ1n) is 8.99. The monoisotopic (exact) mass is 367 g/mol. The van der Waals surface area contributed by atoms with Crippen molar-refractivity contribution in [1.29, 1.82) is 0 Å². The van der Waals surface area contributed by atoms with Crippen molar-refractivity contribution in [2.45, 2.75) is 38.8 Å². The molecule has 0 bridgehead atoms. The molecule has 140 valence electrons. The van der Waals surface area contributed by atoms with Crippen LogP contribution >= 0.6 is 0 Å². The van der Waals surface area contributed by atoms with Gasteiger partial charge < -0.3 is 5.32 Å². The molecule has 3 aromatic rings. The number of amides is 1. The Morgan fingerprint density at radius 1 is 1.19 bits per heavy atom. The van der Waals surface area contributed by atoms with Crippen LogP contribution in [0.25, 0.3) is 11.4 Å². The first kappa shape index (κ1) is 18.7. The van der Waals surface area contributed by atoms with Gasteiger partial charge in [0.05, 0.1) is 6.04 Å². The summed E-state index contributed by atoms with van der Waals surface area (Å²) in [6.45, 7) is 3.79. The Morgan fingerprint density at radius 2 is 1.96 bits per heavy atom. The number of carbonyl (C=O) groups excluding carboxylic acids is 1. The number of nitrogens with zero attached hydrogens (tertiary/aromatic N) is 4. The molecular weight excluding hydrogens is 345 g/mol. The molecule has 7 heteroatoms. The van der Waals surface area contributed by atoms with Crippen molar-refractivity contribution < 1.29 is 9.18 Å². The van der Waals surface area contributed by atoms with Crippen molar-refractivity contribution in [3.8, 4) is 11.4 Å². The zero-order chi connectivity index (χ0) is 19.2. The molecule has 3 rings (SSSR count). The second-order valence-electron chi connectivity index (χ2n) is 6.38. The lowest BCUT2D eigenvalue weighted by molar-refractivity contribution is -0.125. The molecule has 0 aliphatic heterocycles. The van der Waals surface area contributed by atoms with E-state index in [0.29, 0.717) is 5.56 Å². The molecule has 27 heavy (non-hydrogen) atoms. The molecule has 1 heterocycles. The minimum Gasteiger partial charge on any atom is -0.347 e. The number of aromatic nitrogens is 4. The Labute approximate surface area is 157 Å². The van der Waals surface area contributed by atoms with Crippen molar-refractivity contribution in [2.75, 3.05) is 0 Å². The van der Waals surface area contributed by atoms with Crippen molar-refractivity contribution in [2.24, 2.45) is 0 Å². The summed E-state index contributed by atoms with van der Waals surface area (Å²) in [5, 5.41) is 15.2. The number of hydrogen-bond donors (Lipinski definition) is 1. The van der Waals surface area contributed by atoms with E-state index in [-0.39, 0.29) is 23.6 Å². The third kappa shape index (κ3) is 4.55. The highest BCUT2D eigenvalue weighted by molar-refractivity contribution is 5.80. The molecule has 6 nitrogen and oxygen atoms in total. The maximum atomic E-state index is 13.4. The fourth-order valence-electron chi connectivity index (χ4n) is 2.83. The van der Waals surface area contributed by atoms with Gasteiger partial charge in [-0.05, 0) is 36.3 Å². The molecule has 2 aromatic carbocycles. The van der Waals surface area contributed by atoms with Gasteiger partial charge in [-0.1, -0.05) is 55.8 Å². The topological polar surface area (TPSA) is 72.7 Å². The minimum absolute atomic E-state index is 0.0719. The fraction of sp³-hybridized carbons (Fsp3) is 0.300. The molecule has 0 spiro atoms. The van der Waals surface area contributed by atoms with Crippen molar-refractivity contribution in [3.63, 3.8) is 0 Å². The number of halogens is 1. The van der Waals surface area contributed by atoms with Gasteiger partial charge in [0.25, 0.3) is 0 Å². The summed E-state index contributed by atoms with van der Waals surface area (Å²) in [7, 11) is 0. The van der Waals surface area contributed by atoms with Crippen LogP contribution in [0.1, 0.15) is 44.3 Å². The summed E-state index contributed by atoms with van der Waals surface area (Å²) < 4.78 is 13.4. The molecule has 0 saturated carbocycles. The van der Waals surface area contributed by atoms with Crippen LogP contribution < -0.4 is 5.32 Å². The van der Waals surface area contributed by atoms with Gasteiger partial charge in [0, 0.05) is 5.56 Å². The molecule has 1 amide bonds. The van der Waals surface area contributed by atoms with E-state index in [2.05, 4.69) is 27.7 Å². The molecule has 0 saturated heterocycles. The maximum absolute atomic E-state index is 13.4. The van der Waals surface area contributed by atoms with Crippen molar-refractivity contribution in [3.05, 3.63) is 66.0 Å². The zero-order valence-electron chi connectivity index (χ0n) is 15.3. The normalized spacial score (nSPS) is 13.1. The standard InChI is InChI=1S/C20H22FN5O/c1-3-8-18(15-9-5-4-6-10-15)22-20(27)14(2)26-24-19(23-25-26)16-11-7-12-17(21)13-16/h4-7,9-14,18H,3,8H2,1-2H3,(H,22,27). The number of carbonyl (C=O) groups is 1. The average Bonchev–Trinajstić information content (AvgIpc) is 3.18. The Bertz CT molecular complexity index is 896.